The summed E-state index contributed by atoms with van der Waals surface area (Å²) in [5.74, 6) is 1.62. The van der Waals surface area contributed by atoms with Crippen LogP contribution < -0.4 is 5.73 Å². The molecule has 3 N–H and O–H groups in total. The monoisotopic (exact) mass is 331 g/mol. The molecule has 2 heterocycles. The molecule has 22 heavy (non-hydrogen) atoms. The minimum Gasteiger partial charge on any atom is -0.368 e. The fourth-order valence-corrected chi connectivity index (χ4v) is 3.61. The number of nitrogens with one attached hydrogen (secondary N) is 1. The molecule has 7 heteroatoms. The summed E-state index contributed by atoms with van der Waals surface area (Å²) in [6.45, 7) is 4.40. The molecule has 0 amide bonds. The van der Waals surface area contributed by atoms with Gasteiger partial charge in [0, 0.05) is 16.7 Å². The average Bonchev–Trinajstić information content (AvgIpc) is 3.14. The Morgan fingerprint density at radius 3 is 2.64 bits per heavy atom. The zero-order valence-corrected chi connectivity index (χ0v) is 14.0. The van der Waals surface area contributed by atoms with Gasteiger partial charge in [0.2, 0.25) is 11.1 Å². The molecule has 0 saturated heterocycles. The number of hydrogen-bond acceptors (Lipinski definition) is 6. The van der Waals surface area contributed by atoms with Crippen LogP contribution in [0.3, 0.4) is 0 Å². The van der Waals surface area contributed by atoms with Gasteiger partial charge in [-0.05, 0) is 11.5 Å². The molecule has 0 aliphatic rings. The first-order valence-corrected chi connectivity index (χ1v) is 8.84. The molecule has 114 valence electrons. The molecule has 0 aliphatic carbocycles. The molecule has 3 aromatic rings. The van der Waals surface area contributed by atoms with Crippen molar-refractivity contribution in [1.82, 2.24) is 20.2 Å². The fourth-order valence-electron chi connectivity index (χ4n) is 1.98. The number of H-pyrrole nitrogens is 1. The van der Waals surface area contributed by atoms with Crippen molar-refractivity contribution >= 4 is 29.0 Å². The average molecular weight is 331 g/mol. The van der Waals surface area contributed by atoms with Crippen LogP contribution in [0.2, 0.25) is 0 Å². The highest BCUT2D eigenvalue weighted by Crippen LogP contribution is 2.28. The van der Waals surface area contributed by atoms with E-state index in [1.54, 1.807) is 11.3 Å². The second-order valence-electron chi connectivity index (χ2n) is 5.21. The first-order valence-electron chi connectivity index (χ1n) is 6.97. The van der Waals surface area contributed by atoms with Crippen LogP contribution in [0.1, 0.15) is 31.0 Å². The number of aromatic amines is 1. The Morgan fingerprint density at radius 2 is 2.00 bits per heavy atom. The van der Waals surface area contributed by atoms with Gasteiger partial charge in [-0.1, -0.05) is 49.9 Å². The molecule has 2 aromatic heterocycles. The van der Waals surface area contributed by atoms with Gasteiger partial charge in [0.05, 0.1) is 5.69 Å². The van der Waals surface area contributed by atoms with Gasteiger partial charge in [0.1, 0.15) is 5.01 Å². The molecule has 0 unspecified atom stereocenters. The lowest BCUT2D eigenvalue weighted by atomic mass is 10.0. The van der Waals surface area contributed by atoms with E-state index in [2.05, 4.69) is 63.7 Å². The highest BCUT2D eigenvalue weighted by Gasteiger charge is 2.08. The summed E-state index contributed by atoms with van der Waals surface area (Å²) in [6.07, 6.45) is 0. The lowest BCUT2D eigenvalue weighted by Gasteiger charge is -2.05. The third-order valence-electron chi connectivity index (χ3n) is 3.21. The Hall–Kier alpha value is -1.86. The normalized spacial score (nSPS) is 11.2. The number of thioether (sulfide) groups is 1. The van der Waals surface area contributed by atoms with Crippen molar-refractivity contribution in [2.45, 2.75) is 30.7 Å². The van der Waals surface area contributed by atoms with Crippen LogP contribution in [0.25, 0.3) is 10.6 Å². The molecule has 0 saturated carbocycles. The number of nitrogens with zero attached hydrogens (tertiary/aromatic N) is 3. The summed E-state index contributed by atoms with van der Waals surface area (Å²) < 4.78 is 0. The SMILES string of the molecule is CC(C)c1ccc(-c2nc(CSc3n[nH]c(N)n3)cs2)cc1. The summed E-state index contributed by atoms with van der Waals surface area (Å²) in [7, 11) is 0. The minimum absolute atomic E-state index is 0.340. The van der Waals surface area contributed by atoms with E-state index in [0.717, 1.165) is 22.0 Å². The molecule has 0 aliphatic heterocycles. The van der Waals surface area contributed by atoms with Crippen molar-refractivity contribution in [3.63, 3.8) is 0 Å². The third-order valence-corrected chi connectivity index (χ3v) is 5.03. The van der Waals surface area contributed by atoms with Crippen molar-refractivity contribution in [2.24, 2.45) is 0 Å². The minimum atomic E-state index is 0.340. The van der Waals surface area contributed by atoms with E-state index in [1.165, 1.54) is 17.3 Å². The van der Waals surface area contributed by atoms with Crippen molar-refractivity contribution in [1.29, 1.82) is 0 Å². The molecular formula is C15H17N5S2. The van der Waals surface area contributed by atoms with Crippen LogP contribution in [0, 0.1) is 0 Å². The Balaban J connectivity index is 1.67. The molecular weight excluding hydrogens is 314 g/mol. The maximum atomic E-state index is 5.50. The maximum Gasteiger partial charge on any atom is 0.216 e. The predicted molar refractivity (Wildman–Crippen MR) is 92.0 cm³/mol. The molecule has 0 bridgehead atoms. The molecule has 5 nitrogen and oxygen atoms in total. The smallest absolute Gasteiger partial charge is 0.216 e. The molecule has 0 atom stereocenters. The van der Waals surface area contributed by atoms with Crippen LogP contribution in [0.5, 0.6) is 0 Å². The van der Waals surface area contributed by atoms with Gasteiger partial charge in [0.25, 0.3) is 0 Å². The van der Waals surface area contributed by atoms with E-state index >= 15 is 0 Å². The summed E-state index contributed by atoms with van der Waals surface area (Å²) in [5, 5.41) is 10.4. The molecule has 1 aromatic carbocycles. The lowest BCUT2D eigenvalue weighted by Crippen LogP contribution is -1.87. The largest absolute Gasteiger partial charge is 0.368 e. The zero-order valence-electron chi connectivity index (χ0n) is 12.4. The second-order valence-corrected chi connectivity index (χ2v) is 7.01. The van der Waals surface area contributed by atoms with Crippen molar-refractivity contribution < 1.29 is 0 Å². The maximum absolute atomic E-state index is 5.50. The van der Waals surface area contributed by atoms with Crippen LogP contribution in [-0.2, 0) is 5.75 Å². The first kappa shape index (κ1) is 15.1. The Morgan fingerprint density at radius 1 is 1.23 bits per heavy atom. The van der Waals surface area contributed by atoms with Crippen LogP contribution in [0.15, 0.2) is 34.8 Å². The number of nitrogen functional groups attached to an aromatic ring is 1. The quantitative estimate of drug-likeness (QED) is 0.692. The van der Waals surface area contributed by atoms with Gasteiger partial charge < -0.3 is 5.73 Å². The number of aromatic nitrogens is 4. The van der Waals surface area contributed by atoms with Crippen LogP contribution in [-0.4, -0.2) is 20.2 Å². The Labute approximate surface area is 137 Å². The summed E-state index contributed by atoms with van der Waals surface area (Å²) in [4.78, 5) is 8.74. The number of rotatable bonds is 5. The van der Waals surface area contributed by atoms with E-state index in [-0.39, 0.29) is 0 Å². The number of nitrogens with two attached hydrogens (primary N) is 1. The van der Waals surface area contributed by atoms with Gasteiger partial charge in [-0.3, -0.25) is 0 Å². The van der Waals surface area contributed by atoms with Crippen LogP contribution >= 0.6 is 23.1 Å². The summed E-state index contributed by atoms with van der Waals surface area (Å²) in [6, 6.07) is 8.63. The Bertz CT molecular complexity index is 745. The van der Waals surface area contributed by atoms with Crippen molar-refractivity contribution in [2.75, 3.05) is 5.73 Å². The van der Waals surface area contributed by atoms with E-state index in [9.17, 15) is 0 Å². The van der Waals surface area contributed by atoms with E-state index in [1.807, 2.05) is 0 Å². The highest BCUT2D eigenvalue weighted by atomic mass is 32.2. The summed E-state index contributed by atoms with van der Waals surface area (Å²) >= 11 is 3.18. The summed E-state index contributed by atoms with van der Waals surface area (Å²) in [5.41, 5.74) is 9.04. The first-order chi connectivity index (χ1) is 10.6. The Kier molecular flexibility index (Phi) is 4.44. The number of benzene rings is 1. The molecule has 0 fully saturated rings. The van der Waals surface area contributed by atoms with Crippen molar-refractivity contribution in [3.05, 3.63) is 40.9 Å². The molecule has 0 spiro atoms. The van der Waals surface area contributed by atoms with E-state index in [4.69, 9.17) is 5.73 Å². The fraction of sp³-hybridized carbons (Fsp3) is 0.267. The van der Waals surface area contributed by atoms with Crippen molar-refractivity contribution in [3.8, 4) is 10.6 Å². The van der Waals surface area contributed by atoms with E-state index in [0.29, 0.717) is 17.0 Å². The standard InChI is InChI=1S/C15H17N5S2/c1-9(2)10-3-5-11(6-4-10)13-17-12(7-21-13)8-22-15-18-14(16)19-20-15/h3-7,9H,8H2,1-2H3,(H3,16,18,19,20). The number of thiazole rings is 1. The zero-order chi connectivity index (χ0) is 15.5. The van der Waals surface area contributed by atoms with Gasteiger partial charge in [-0.2, -0.15) is 4.98 Å². The molecule has 0 radical (unpaired) electrons. The third kappa shape index (κ3) is 3.48. The molecule has 3 rings (SSSR count). The lowest BCUT2D eigenvalue weighted by molar-refractivity contribution is 0.867. The van der Waals surface area contributed by atoms with E-state index < -0.39 is 0 Å². The van der Waals surface area contributed by atoms with Gasteiger partial charge in [-0.15, -0.1) is 16.4 Å². The number of anilines is 1. The highest BCUT2D eigenvalue weighted by molar-refractivity contribution is 7.98. The predicted octanol–water partition coefficient (Wildman–Crippen LogP) is 3.93. The van der Waals surface area contributed by atoms with Crippen LogP contribution in [0.4, 0.5) is 5.95 Å². The number of hydrogen-bond donors (Lipinski definition) is 2. The van der Waals surface area contributed by atoms with Gasteiger partial charge >= 0.3 is 0 Å². The topological polar surface area (TPSA) is 80.5 Å². The van der Waals surface area contributed by atoms with Gasteiger partial charge in [0.15, 0.2) is 0 Å². The second kappa shape index (κ2) is 6.50. The van der Waals surface area contributed by atoms with Gasteiger partial charge in [-0.25, -0.2) is 10.1 Å².